The summed E-state index contributed by atoms with van der Waals surface area (Å²) >= 11 is 0. The average Bonchev–Trinajstić information content (AvgIpc) is 2.76. The first-order chi connectivity index (χ1) is 9.00. The molecule has 6 nitrogen and oxygen atoms in total. The molecule has 2 N–H and O–H groups in total. The summed E-state index contributed by atoms with van der Waals surface area (Å²) in [4.78, 5) is 24.8. The first-order valence-electron chi connectivity index (χ1n) is 6.88. The lowest BCUT2D eigenvalue weighted by Gasteiger charge is -2.36. The second-order valence-corrected chi connectivity index (χ2v) is 5.69. The Morgan fingerprint density at radius 2 is 2.11 bits per heavy atom. The zero-order valence-electron chi connectivity index (χ0n) is 11.4. The van der Waals surface area contributed by atoms with Crippen LogP contribution in [0, 0.1) is 0 Å². The smallest absolute Gasteiger partial charge is 0.318 e. The minimum absolute atomic E-state index is 0.0350. The number of carboxylic acids is 1. The molecule has 0 aliphatic carbocycles. The highest BCUT2D eigenvalue weighted by Crippen LogP contribution is 2.24. The van der Waals surface area contributed by atoms with Crippen molar-refractivity contribution >= 4 is 12.0 Å². The Balaban J connectivity index is 1.92. The SMILES string of the molecule is CC1(NC(=O)N2CCCC2CC(=O)O)CCOCC1. The molecule has 0 aromatic carbocycles. The predicted molar refractivity (Wildman–Crippen MR) is 69.0 cm³/mol. The Bertz CT molecular complexity index is 353. The lowest BCUT2D eigenvalue weighted by molar-refractivity contribution is -0.137. The van der Waals surface area contributed by atoms with Crippen molar-refractivity contribution in [2.75, 3.05) is 19.8 Å². The van der Waals surface area contributed by atoms with E-state index in [1.807, 2.05) is 6.92 Å². The standard InChI is InChI=1S/C13H22N2O4/c1-13(4-7-19-8-5-13)14-12(18)15-6-2-3-10(15)9-11(16)17/h10H,2-9H2,1H3,(H,14,18)(H,16,17). The molecule has 0 aromatic heterocycles. The van der Waals surface area contributed by atoms with E-state index in [0.29, 0.717) is 19.8 Å². The van der Waals surface area contributed by atoms with Gasteiger partial charge in [0, 0.05) is 31.3 Å². The molecule has 2 aliphatic rings. The number of carboxylic acid groups (broad SMARTS) is 1. The van der Waals surface area contributed by atoms with Crippen LogP contribution in [0.4, 0.5) is 4.79 Å². The van der Waals surface area contributed by atoms with E-state index in [-0.39, 0.29) is 24.0 Å². The van der Waals surface area contributed by atoms with Gasteiger partial charge in [-0.1, -0.05) is 0 Å². The third kappa shape index (κ3) is 3.59. The number of rotatable bonds is 3. The first kappa shape index (κ1) is 14.1. The topological polar surface area (TPSA) is 78.9 Å². The molecule has 0 saturated carbocycles. The minimum Gasteiger partial charge on any atom is -0.481 e. The molecule has 2 heterocycles. The zero-order valence-corrected chi connectivity index (χ0v) is 11.4. The molecule has 2 saturated heterocycles. The van der Waals surface area contributed by atoms with E-state index in [1.165, 1.54) is 0 Å². The highest BCUT2D eigenvalue weighted by Gasteiger charge is 2.35. The number of nitrogens with one attached hydrogen (secondary N) is 1. The number of carbonyl (C=O) groups excluding carboxylic acids is 1. The predicted octanol–water partition coefficient (Wildman–Crippen LogP) is 1.20. The van der Waals surface area contributed by atoms with Gasteiger partial charge in [-0.3, -0.25) is 4.79 Å². The molecule has 19 heavy (non-hydrogen) atoms. The van der Waals surface area contributed by atoms with E-state index in [2.05, 4.69) is 5.32 Å². The lowest BCUT2D eigenvalue weighted by atomic mass is 9.93. The van der Waals surface area contributed by atoms with Gasteiger partial charge in [-0.25, -0.2) is 4.79 Å². The van der Waals surface area contributed by atoms with Crippen molar-refractivity contribution in [1.29, 1.82) is 0 Å². The Morgan fingerprint density at radius 1 is 1.42 bits per heavy atom. The van der Waals surface area contributed by atoms with Crippen molar-refractivity contribution in [2.24, 2.45) is 0 Å². The fourth-order valence-corrected chi connectivity index (χ4v) is 2.79. The minimum atomic E-state index is -0.845. The van der Waals surface area contributed by atoms with Gasteiger partial charge < -0.3 is 20.1 Å². The molecule has 108 valence electrons. The molecule has 2 aliphatic heterocycles. The number of nitrogens with zero attached hydrogens (tertiary/aromatic N) is 1. The second-order valence-electron chi connectivity index (χ2n) is 5.69. The number of hydrogen-bond acceptors (Lipinski definition) is 3. The van der Waals surface area contributed by atoms with Gasteiger partial charge in [-0.15, -0.1) is 0 Å². The number of likely N-dealkylation sites (tertiary alicyclic amines) is 1. The van der Waals surface area contributed by atoms with Gasteiger partial charge in [-0.2, -0.15) is 0 Å². The van der Waals surface area contributed by atoms with Crippen molar-refractivity contribution in [1.82, 2.24) is 10.2 Å². The van der Waals surface area contributed by atoms with E-state index in [1.54, 1.807) is 4.90 Å². The van der Waals surface area contributed by atoms with Gasteiger partial charge in [0.2, 0.25) is 0 Å². The fraction of sp³-hybridized carbons (Fsp3) is 0.846. The quantitative estimate of drug-likeness (QED) is 0.807. The molecule has 2 fully saturated rings. The van der Waals surface area contributed by atoms with E-state index < -0.39 is 5.97 Å². The Morgan fingerprint density at radius 3 is 2.74 bits per heavy atom. The molecule has 1 unspecified atom stereocenters. The van der Waals surface area contributed by atoms with Gasteiger partial charge in [0.05, 0.1) is 6.42 Å². The van der Waals surface area contributed by atoms with Crippen LogP contribution in [0.2, 0.25) is 0 Å². The Hall–Kier alpha value is -1.30. The molecule has 6 heteroatoms. The zero-order chi connectivity index (χ0) is 13.9. The van der Waals surface area contributed by atoms with Crippen LogP contribution in [0.25, 0.3) is 0 Å². The van der Waals surface area contributed by atoms with E-state index >= 15 is 0 Å². The fourth-order valence-electron chi connectivity index (χ4n) is 2.79. The van der Waals surface area contributed by atoms with Crippen molar-refractivity contribution in [3.05, 3.63) is 0 Å². The van der Waals surface area contributed by atoms with Crippen molar-refractivity contribution in [3.8, 4) is 0 Å². The maximum Gasteiger partial charge on any atom is 0.318 e. The van der Waals surface area contributed by atoms with Crippen LogP contribution in [0.1, 0.15) is 39.0 Å². The molecule has 0 aromatic rings. The summed E-state index contributed by atoms with van der Waals surface area (Å²) in [5, 5.41) is 11.9. The summed E-state index contributed by atoms with van der Waals surface area (Å²) in [5.41, 5.74) is -0.230. The van der Waals surface area contributed by atoms with Gasteiger partial charge >= 0.3 is 12.0 Å². The summed E-state index contributed by atoms with van der Waals surface area (Å²) in [6.45, 7) is 4.00. The van der Waals surface area contributed by atoms with E-state index in [0.717, 1.165) is 25.7 Å². The van der Waals surface area contributed by atoms with Gasteiger partial charge in [0.1, 0.15) is 0 Å². The molecule has 0 spiro atoms. The van der Waals surface area contributed by atoms with Crippen molar-refractivity contribution < 1.29 is 19.4 Å². The van der Waals surface area contributed by atoms with Crippen LogP contribution >= 0.6 is 0 Å². The first-order valence-corrected chi connectivity index (χ1v) is 6.88. The normalized spacial score (nSPS) is 26.2. The van der Waals surface area contributed by atoms with E-state index in [9.17, 15) is 9.59 Å². The molecule has 2 rings (SSSR count). The number of amides is 2. The van der Waals surface area contributed by atoms with Crippen LogP contribution < -0.4 is 5.32 Å². The summed E-state index contributed by atoms with van der Waals surface area (Å²) in [5.74, 6) is -0.845. The molecular formula is C13H22N2O4. The number of ether oxygens (including phenoxy) is 1. The molecule has 2 amide bonds. The van der Waals surface area contributed by atoms with E-state index in [4.69, 9.17) is 9.84 Å². The Kier molecular flexibility index (Phi) is 4.29. The summed E-state index contributed by atoms with van der Waals surface area (Å²) in [7, 11) is 0. The number of carbonyl (C=O) groups is 2. The second kappa shape index (κ2) is 5.77. The third-order valence-corrected chi connectivity index (χ3v) is 4.05. The van der Waals surface area contributed by atoms with Crippen molar-refractivity contribution in [3.63, 3.8) is 0 Å². The van der Waals surface area contributed by atoms with Crippen LogP contribution in [-0.2, 0) is 9.53 Å². The monoisotopic (exact) mass is 270 g/mol. The highest BCUT2D eigenvalue weighted by molar-refractivity contribution is 5.77. The molecule has 0 bridgehead atoms. The molecule has 0 radical (unpaired) electrons. The highest BCUT2D eigenvalue weighted by atomic mass is 16.5. The number of hydrogen-bond donors (Lipinski definition) is 2. The third-order valence-electron chi connectivity index (χ3n) is 4.05. The number of urea groups is 1. The number of aliphatic carboxylic acids is 1. The largest absolute Gasteiger partial charge is 0.481 e. The molecule has 1 atom stereocenters. The summed E-state index contributed by atoms with van der Waals surface area (Å²) in [6.07, 6.45) is 3.30. The summed E-state index contributed by atoms with van der Waals surface area (Å²) in [6, 6.07) is -0.297. The van der Waals surface area contributed by atoms with Gasteiger partial charge in [0.15, 0.2) is 0 Å². The average molecular weight is 270 g/mol. The van der Waals surface area contributed by atoms with Crippen LogP contribution in [0.3, 0.4) is 0 Å². The molecular weight excluding hydrogens is 248 g/mol. The summed E-state index contributed by atoms with van der Waals surface area (Å²) < 4.78 is 5.30. The van der Waals surface area contributed by atoms with Gasteiger partial charge in [0.25, 0.3) is 0 Å². The van der Waals surface area contributed by atoms with Crippen LogP contribution in [-0.4, -0.2) is 53.3 Å². The Labute approximate surface area is 113 Å². The lowest BCUT2D eigenvalue weighted by Crippen LogP contribution is -2.55. The van der Waals surface area contributed by atoms with Gasteiger partial charge in [-0.05, 0) is 32.6 Å². The maximum atomic E-state index is 12.3. The van der Waals surface area contributed by atoms with Crippen LogP contribution in [0.5, 0.6) is 0 Å². The maximum absolute atomic E-state index is 12.3. The van der Waals surface area contributed by atoms with Crippen LogP contribution in [0.15, 0.2) is 0 Å². The van der Waals surface area contributed by atoms with Crippen molar-refractivity contribution in [2.45, 2.75) is 50.6 Å².